The van der Waals surface area contributed by atoms with Crippen LogP contribution in [0.2, 0.25) is 5.02 Å². The van der Waals surface area contributed by atoms with Gasteiger partial charge in [-0.1, -0.05) is 17.7 Å². The number of aromatic nitrogens is 1. The molecule has 0 aliphatic carbocycles. The summed E-state index contributed by atoms with van der Waals surface area (Å²) < 4.78 is 37.8. The quantitative estimate of drug-likeness (QED) is 0.670. The summed E-state index contributed by atoms with van der Waals surface area (Å²) in [7, 11) is 0. The predicted octanol–water partition coefficient (Wildman–Crippen LogP) is 3.68. The molecule has 1 aromatic heterocycles. The topological polar surface area (TPSA) is 50.9 Å². The number of nitrogens with two attached hydrogens (primary N) is 1. The highest BCUT2D eigenvalue weighted by Gasteiger charge is 2.35. The van der Waals surface area contributed by atoms with Gasteiger partial charge in [0.15, 0.2) is 5.01 Å². The molecule has 0 spiro atoms. The average molecular weight is 322 g/mol. The first-order chi connectivity index (χ1) is 9.32. The number of alkyl halides is 3. The van der Waals surface area contributed by atoms with Crippen LogP contribution in [0.1, 0.15) is 27.1 Å². The second kappa shape index (κ2) is 5.69. The van der Waals surface area contributed by atoms with Gasteiger partial charge in [0.1, 0.15) is 0 Å². The summed E-state index contributed by atoms with van der Waals surface area (Å²) >= 11 is 6.48. The molecular weight excluding hydrogens is 311 g/mol. The zero-order chi connectivity index (χ0) is 14.9. The summed E-state index contributed by atoms with van der Waals surface area (Å²) in [5.74, 6) is 5.48. The third-order valence-electron chi connectivity index (χ3n) is 2.77. The van der Waals surface area contributed by atoms with Crippen LogP contribution in [0.15, 0.2) is 24.4 Å². The van der Waals surface area contributed by atoms with Crippen molar-refractivity contribution in [3.8, 4) is 0 Å². The second-order valence-electron chi connectivity index (χ2n) is 4.17. The fourth-order valence-electron chi connectivity index (χ4n) is 1.80. The van der Waals surface area contributed by atoms with Crippen LogP contribution in [0.5, 0.6) is 0 Å². The minimum absolute atomic E-state index is 0.380. The van der Waals surface area contributed by atoms with Gasteiger partial charge in [0.2, 0.25) is 0 Å². The molecule has 0 bridgehead atoms. The molecule has 3 nitrogen and oxygen atoms in total. The number of halogens is 4. The lowest BCUT2D eigenvalue weighted by atomic mass is 10.0. The van der Waals surface area contributed by atoms with Gasteiger partial charge >= 0.3 is 6.18 Å². The van der Waals surface area contributed by atoms with Crippen molar-refractivity contribution in [2.24, 2.45) is 5.84 Å². The molecule has 0 aliphatic rings. The fraction of sp³-hybridized carbons (Fsp3) is 0.250. The van der Waals surface area contributed by atoms with E-state index < -0.39 is 17.2 Å². The molecule has 0 saturated heterocycles. The number of hydrazine groups is 1. The number of nitrogens with zero attached hydrogens (tertiary/aromatic N) is 1. The van der Waals surface area contributed by atoms with Gasteiger partial charge in [0.25, 0.3) is 0 Å². The molecule has 8 heteroatoms. The van der Waals surface area contributed by atoms with E-state index >= 15 is 0 Å². The Labute approximate surface area is 122 Å². The maximum atomic E-state index is 12.6. The van der Waals surface area contributed by atoms with E-state index in [2.05, 4.69) is 10.4 Å². The number of benzene rings is 1. The Bertz CT molecular complexity index is 612. The molecule has 1 heterocycles. The lowest BCUT2D eigenvalue weighted by molar-refractivity contribution is -0.137. The number of nitrogens with one attached hydrogen (secondary N) is 1. The first-order valence-electron chi connectivity index (χ1n) is 5.58. The first-order valence-corrected chi connectivity index (χ1v) is 6.77. The molecular formula is C12H11ClF3N3S. The summed E-state index contributed by atoms with van der Waals surface area (Å²) in [5.41, 5.74) is 4.11. The molecule has 0 aliphatic heterocycles. The van der Waals surface area contributed by atoms with Crippen LogP contribution in [0.4, 0.5) is 13.2 Å². The highest BCUT2D eigenvalue weighted by molar-refractivity contribution is 7.11. The third kappa shape index (κ3) is 3.12. The Morgan fingerprint density at radius 3 is 2.65 bits per heavy atom. The summed E-state index contributed by atoms with van der Waals surface area (Å²) in [4.78, 5) is 3.78. The molecule has 0 radical (unpaired) electrons. The highest BCUT2D eigenvalue weighted by atomic mass is 35.5. The standard InChI is InChI=1S/C12H11ClF3N3S/c1-6-2-3-7(13)4-8(6)10(19-17)9-5-18-11(20-9)12(14,15)16/h2-5,10,19H,17H2,1H3. The van der Waals surface area contributed by atoms with E-state index in [0.29, 0.717) is 21.2 Å². The van der Waals surface area contributed by atoms with E-state index in [0.717, 1.165) is 11.1 Å². The van der Waals surface area contributed by atoms with E-state index in [1.54, 1.807) is 18.2 Å². The fourth-order valence-corrected chi connectivity index (χ4v) is 2.84. The SMILES string of the molecule is Cc1ccc(Cl)cc1C(NN)c1cnc(C(F)(F)F)s1. The van der Waals surface area contributed by atoms with Crippen LogP contribution in [0.25, 0.3) is 0 Å². The van der Waals surface area contributed by atoms with Gasteiger partial charge in [0.05, 0.1) is 6.04 Å². The van der Waals surface area contributed by atoms with Gasteiger partial charge in [-0.25, -0.2) is 10.4 Å². The molecule has 20 heavy (non-hydrogen) atoms. The van der Waals surface area contributed by atoms with E-state index in [-0.39, 0.29) is 0 Å². The Morgan fingerprint density at radius 1 is 1.40 bits per heavy atom. The predicted molar refractivity (Wildman–Crippen MR) is 72.5 cm³/mol. The maximum Gasteiger partial charge on any atom is 0.443 e. The molecule has 3 N–H and O–H groups in total. The molecule has 0 amide bonds. The van der Waals surface area contributed by atoms with Gasteiger partial charge < -0.3 is 0 Å². The Balaban J connectivity index is 2.42. The van der Waals surface area contributed by atoms with Crippen molar-refractivity contribution in [2.75, 3.05) is 0 Å². The van der Waals surface area contributed by atoms with E-state index in [9.17, 15) is 13.2 Å². The molecule has 108 valence electrons. The van der Waals surface area contributed by atoms with Gasteiger partial charge in [-0.2, -0.15) is 13.2 Å². The Hall–Kier alpha value is -1.15. The highest BCUT2D eigenvalue weighted by Crippen LogP contribution is 2.36. The summed E-state index contributed by atoms with van der Waals surface area (Å²) in [5, 5.41) is -0.404. The Kier molecular flexibility index (Phi) is 4.33. The van der Waals surface area contributed by atoms with Gasteiger partial charge in [-0.3, -0.25) is 5.84 Å². The number of hydrogen-bond donors (Lipinski definition) is 2. The van der Waals surface area contributed by atoms with Crippen molar-refractivity contribution in [3.05, 3.63) is 50.4 Å². The zero-order valence-electron chi connectivity index (χ0n) is 10.3. The van der Waals surface area contributed by atoms with Crippen LogP contribution in [-0.4, -0.2) is 4.98 Å². The number of thiazole rings is 1. The minimum Gasteiger partial charge on any atom is -0.271 e. The lowest BCUT2D eigenvalue weighted by Gasteiger charge is -2.17. The number of rotatable bonds is 3. The van der Waals surface area contributed by atoms with Crippen molar-refractivity contribution in [1.29, 1.82) is 0 Å². The van der Waals surface area contributed by atoms with Crippen molar-refractivity contribution in [1.82, 2.24) is 10.4 Å². The van der Waals surface area contributed by atoms with Crippen LogP contribution in [-0.2, 0) is 6.18 Å². The Morgan fingerprint density at radius 2 is 2.10 bits per heavy atom. The smallest absolute Gasteiger partial charge is 0.271 e. The first kappa shape index (κ1) is 15.2. The molecule has 2 aromatic rings. The monoisotopic (exact) mass is 321 g/mol. The van der Waals surface area contributed by atoms with E-state index in [4.69, 9.17) is 17.4 Å². The van der Waals surface area contributed by atoms with Crippen molar-refractivity contribution < 1.29 is 13.2 Å². The van der Waals surface area contributed by atoms with E-state index in [1.807, 2.05) is 6.92 Å². The maximum absolute atomic E-state index is 12.6. The van der Waals surface area contributed by atoms with Gasteiger partial charge in [-0.05, 0) is 30.2 Å². The average Bonchev–Trinajstić information content (AvgIpc) is 2.84. The zero-order valence-corrected chi connectivity index (χ0v) is 11.9. The summed E-state index contributed by atoms with van der Waals surface area (Å²) in [6.45, 7) is 1.84. The molecule has 0 saturated carbocycles. The summed E-state index contributed by atoms with van der Waals surface area (Å²) in [6.07, 6.45) is -3.27. The second-order valence-corrected chi connectivity index (χ2v) is 5.66. The lowest BCUT2D eigenvalue weighted by Crippen LogP contribution is -2.28. The van der Waals surface area contributed by atoms with Crippen molar-refractivity contribution in [2.45, 2.75) is 19.1 Å². The normalized spacial score (nSPS) is 13.5. The van der Waals surface area contributed by atoms with E-state index in [1.165, 1.54) is 6.20 Å². The van der Waals surface area contributed by atoms with Crippen molar-refractivity contribution >= 4 is 22.9 Å². The molecule has 0 fully saturated rings. The molecule has 1 unspecified atom stereocenters. The largest absolute Gasteiger partial charge is 0.443 e. The van der Waals surface area contributed by atoms with Crippen LogP contribution < -0.4 is 11.3 Å². The number of aryl methyl sites for hydroxylation is 1. The molecule has 1 atom stereocenters. The van der Waals surface area contributed by atoms with Crippen LogP contribution >= 0.6 is 22.9 Å². The van der Waals surface area contributed by atoms with Crippen molar-refractivity contribution in [3.63, 3.8) is 0 Å². The molecule has 1 aromatic carbocycles. The summed E-state index contributed by atoms with van der Waals surface area (Å²) in [6, 6.07) is 4.59. The van der Waals surface area contributed by atoms with Crippen LogP contribution in [0.3, 0.4) is 0 Å². The van der Waals surface area contributed by atoms with Crippen LogP contribution in [0, 0.1) is 6.92 Å². The van der Waals surface area contributed by atoms with Gasteiger partial charge in [0, 0.05) is 16.1 Å². The third-order valence-corrected chi connectivity index (χ3v) is 4.11. The number of hydrogen-bond acceptors (Lipinski definition) is 4. The minimum atomic E-state index is -4.45. The van der Waals surface area contributed by atoms with Gasteiger partial charge in [-0.15, -0.1) is 11.3 Å². The molecule has 2 rings (SSSR count).